The molecule has 0 radical (unpaired) electrons. The number of hydrogen-bond donors (Lipinski definition) is 0. The first kappa shape index (κ1) is 13.5. The van der Waals surface area contributed by atoms with Gasteiger partial charge in [0.1, 0.15) is 5.69 Å². The Morgan fingerprint density at radius 2 is 1.95 bits per heavy atom. The third-order valence-corrected chi connectivity index (χ3v) is 2.68. The van der Waals surface area contributed by atoms with Gasteiger partial charge in [0.15, 0.2) is 0 Å². The van der Waals surface area contributed by atoms with Crippen LogP contribution in [0.15, 0.2) is 18.3 Å². The van der Waals surface area contributed by atoms with Crippen molar-refractivity contribution in [3.05, 3.63) is 35.4 Å². The van der Waals surface area contributed by atoms with E-state index >= 15 is 0 Å². The zero-order valence-corrected chi connectivity index (χ0v) is 10.6. The fourth-order valence-electron chi connectivity index (χ4n) is 1.68. The maximum atomic E-state index is 12.6. The number of alkyl halides is 3. The zero-order valence-electron chi connectivity index (χ0n) is 10.6. The first-order valence-electron chi connectivity index (χ1n) is 5.94. The molecule has 0 unspecified atom stereocenters. The van der Waals surface area contributed by atoms with Crippen molar-refractivity contribution >= 4 is 0 Å². The van der Waals surface area contributed by atoms with Gasteiger partial charge in [-0.05, 0) is 25.0 Å². The Kier molecular flexibility index (Phi) is 3.55. The SMILES string of the molecule is CCc1cc(CC)n(-c2nccc(C(F)(F)F)n2)n1. The Morgan fingerprint density at radius 1 is 1.21 bits per heavy atom. The van der Waals surface area contributed by atoms with E-state index in [1.165, 1.54) is 4.68 Å². The number of hydrogen-bond acceptors (Lipinski definition) is 3. The molecule has 2 aromatic heterocycles. The average Bonchev–Trinajstić information content (AvgIpc) is 2.81. The number of rotatable bonds is 3. The largest absolute Gasteiger partial charge is 0.433 e. The van der Waals surface area contributed by atoms with E-state index in [2.05, 4.69) is 15.1 Å². The quantitative estimate of drug-likeness (QED) is 0.861. The van der Waals surface area contributed by atoms with Crippen molar-refractivity contribution in [3.63, 3.8) is 0 Å². The normalized spacial score (nSPS) is 11.8. The number of halogens is 3. The lowest BCUT2D eigenvalue weighted by Crippen LogP contribution is -2.13. The summed E-state index contributed by atoms with van der Waals surface area (Å²) in [5.74, 6) is -0.0497. The summed E-state index contributed by atoms with van der Waals surface area (Å²) >= 11 is 0. The van der Waals surface area contributed by atoms with E-state index in [4.69, 9.17) is 0 Å². The standard InChI is InChI=1S/C12H13F3N4/c1-3-8-7-9(4-2)19(18-8)11-16-6-5-10(17-11)12(13,14)15/h5-7H,3-4H2,1-2H3. The number of aromatic nitrogens is 4. The summed E-state index contributed by atoms with van der Waals surface area (Å²) in [6.45, 7) is 3.83. The van der Waals surface area contributed by atoms with E-state index in [0.29, 0.717) is 12.8 Å². The second kappa shape index (κ2) is 4.99. The van der Waals surface area contributed by atoms with Crippen LogP contribution in [0.5, 0.6) is 0 Å². The van der Waals surface area contributed by atoms with Gasteiger partial charge in [-0.1, -0.05) is 13.8 Å². The van der Waals surface area contributed by atoms with E-state index in [9.17, 15) is 13.2 Å². The van der Waals surface area contributed by atoms with Crippen LogP contribution >= 0.6 is 0 Å². The minimum absolute atomic E-state index is 0.0497. The molecule has 0 saturated heterocycles. The van der Waals surface area contributed by atoms with Crippen LogP contribution < -0.4 is 0 Å². The molecule has 0 N–H and O–H groups in total. The molecule has 102 valence electrons. The van der Waals surface area contributed by atoms with E-state index < -0.39 is 11.9 Å². The van der Waals surface area contributed by atoms with Crippen molar-refractivity contribution in [3.8, 4) is 5.95 Å². The lowest BCUT2D eigenvalue weighted by Gasteiger charge is -2.08. The van der Waals surface area contributed by atoms with E-state index in [-0.39, 0.29) is 5.95 Å². The highest BCUT2D eigenvalue weighted by molar-refractivity contribution is 5.22. The van der Waals surface area contributed by atoms with Gasteiger partial charge in [0, 0.05) is 11.9 Å². The van der Waals surface area contributed by atoms with Gasteiger partial charge in [0.05, 0.1) is 5.69 Å². The molecule has 4 nitrogen and oxygen atoms in total. The van der Waals surface area contributed by atoms with Gasteiger partial charge in [-0.2, -0.15) is 18.3 Å². The smallest absolute Gasteiger partial charge is 0.220 e. The van der Waals surface area contributed by atoms with E-state index in [1.54, 1.807) is 0 Å². The van der Waals surface area contributed by atoms with Gasteiger partial charge in [-0.25, -0.2) is 14.6 Å². The summed E-state index contributed by atoms with van der Waals surface area (Å²) in [5.41, 5.74) is 0.627. The van der Waals surface area contributed by atoms with Crippen LogP contribution in [0, 0.1) is 0 Å². The molecule has 0 amide bonds. The molecule has 0 atom stereocenters. The van der Waals surface area contributed by atoms with Gasteiger partial charge in [0.2, 0.25) is 0 Å². The maximum Gasteiger partial charge on any atom is 0.433 e. The molecule has 0 aliphatic rings. The third kappa shape index (κ3) is 2.74. The van der Waals surface area contributed by atoms with Gasteiger partial charge in [-0.3, -0.25) is 0 Å². The first-order chi connectivity index (χ1) is 8.95. The van der Waals surface area contributed by atoms with Crippen LogP contribution in [0.3, 0.4) is 0 Å². The molecule has 2 heterocycles. The Labute approximate surface area is 108 Å². The molecule has 0 fully saturated rings. The molecule has 0 saturated carbocycles. The molecule has 0 aliphatic carbocycles. The second-order valence-corrected chi connectivity index (χ2v) is 3.99. The highest BCUT2D eigenvalue weighted by atomic mass is 19.4. The van der Waals surface area contributed by atoms with Crippen LogP contribution in [0.2, 0.25) is 0 Å². The van der Waals surface area contributed by atoms with Crippen LogP contribution in [0.1, 0.15) is 30.9 Å². The van der Waals surface area contributed by atoms with Crippen molar-refractivity contribution in [2.75, 3.05) is 0 Å². The fraction of sp³-hybridized carbons (Fsp3) is 0.417. The van der Waals surface area contributed by atoms with Crippen molar-refractivity contribution < 1.29 is 13.2 Å². The summed E-state index contributed by atoms with van der Waals surface area (Å²) in [6.07, 6.45) is -2.03. The minimum atomic E-state index is -4.48. The van der Waals surface area contributed by atoms with Crippen molar-refractivity contribution in [2.24, 2.45) is 0 Å². The van der Waals surface area contributed by atoms with Crippen molar-refractivity contribution in [1.29, 1.82) is 0 Å². The van der Waals surface area contributed by atoms with Crippen LogP contribution in [-0.4, -0.2) is 19.7 Å². The molecular weight excluding hydrogens is 257 g/mol. The van der Waals surface area contributed by atoms with Crippen LogP contribution in [0.4, 0.5) is 13.2 Å². The van der Waals surface area contributed by atoms with Crippen LogP contribution in [0.25, 0.3) is 5.95 Å². The summed E-state index contributed by atoms with van der Waals surface area (Å²) < 4.78 is 39.2. The fourth-order valence-corrected chi connectivity index (χ4v) is 1.68. The van der Waals surface area contributed by atoms with Gasteiger partial charge < -0.3 is 0 Å². The van der Waals surface area contributed by atoms with E-state index in [0.717, 1.165) is 23.7 Å². The first-order valence-corrected chi connectivity index (χ1v) is 5.94. The van der Waals surface area contributed by atoms with Crippen molar-refractivity contribution in [1.82, 2.24) is 19.7 Å². The monoisotopic (exact) mass is 270 g/mol. The maximum absolute atomic E-state index is 12.6. The predicted molar refractivity (Wildman–Crippen MR) is 62.9 cm³/mol. The third-order valence-electron chi connectivity index (χ3n) is 2.68. The average molecular weight is 270 g/mol. The summed E-state index contributed by atoms with van der Waals surface area (Å²) in [7, 11) is 0. The summed E-state index contributed by atoms with van der Waals surface area (Å²) in [4.78, 5) is 7.40. The predicted octanol–water partition coefficient (Wildman–Crippen LogP) is 2.81. The Hall–Kier alpha value is -1.92. The lowest BCUT2D eigenvalue weighted by molar-refractivity contribution is -0.141. The van der Waals surface area contributed by atoms with Gasteiger partial charge in [0.25, 0.3) is 5.95 Å². The molecule has 0 aromatic carbocycles. The Morgan fingerprint density at radius 3 is 2.53 bits per heavy atom. The summed E-state index contributed by atoms with van der Waals surface area (Å²) in [5, 5.41) is 4.22. The van der Waals surface area contributed by atoms with Crippen LogP contribution in [-0.2, 0) is 19.0 Å². The Bertz CT molecular complexity index is 575. The highest BCUT2D eigenvalue weighted by Gasteiger charge is 2.33. The molecule has 19 heavy (non-hydrogen) atoms. The Balaban J connectivity index is 2.50. The molecular formula is C12H13F3N4. The molecule has 0 bridgehead atoms. The molecule has 7 heteroatoms. The molecule has 2 aromatic rings. The topological polar surface area (TPSA) is 43.6 Å². The molecule has 0 spiro atoms. The zero-order chi connectivity index (χ0) is 14.0. The van der Waals surface area contributed by atoms with Gasteiger partial charge >= 0.3 is 6.18 Å². The highest BCUT2D eigenvalue weighted by Crippen LogP contribution is 2.27. The van der Waals surface area contributed by atoms with Gasteiger partial charge in [-0.15, -0.1) is 0 Å². The van der Waals surface area contributed by atoms with E-state index in [1.807, 2.05) is 19.9 Å². The number of aryl methyl sites for hydroxylation is 2. The molecule has 2 rings (SSSR count). The minimum Gasteiger partial charge on any atom is -0.220 e. The summed E-state index contributed by atoms with van der Waals surface area (Å²) in [6, 6.07) is 2.70. The lowest BCUT2D eigenvalue weighted by atomic mass is 10.3. The number of nitrogens with zero attached hydrogens (tertiary/aromatic N) is 4. The van der Waals surface area contributed by atoms with Crippen molar-refractivity contribution in [2.45, 2.75) is 32.9 Å². The molecule has 0 aliphatic heterocycles. The second-order valence-electron chi connectivity index (χ2n) is 3.99.